The predicted molar refractivity (Wildman–Crippen MR) is 83.1 cm³/mol. The van der Waals surface area contributed by atoms with E-state index in [0.717, 1.165) is 11.1 Å². The van der Waals surface area contributed by atoms with Gasteiger partial charge >= 0.3 is 0 Å². The first kappa shape index (κ1) is 14.8. The summed E-state index contributed by atoms with van der Waals surface area (Å²) in [7, 11) is 0. The standard InChI is InChI=1S/C16H16ClN3O2/c1-11-2-4-13(5-3-11)16(21)20-8-12(9-20)10-22-15-7-18-6-14(17)19-15/h2-7,12H,8-10H2,1H3. The van der Waals surface area contributed by atoms with Crippen LogP contribution in [0, 0.1) is 12.8 Å². The smallest absolute Gasteiger partial charge is 0.253 e. The number of likely N-dealkylation sites (tertiary alicyclic amines) is 1. The Bertz CT molecular complexity index is 669. The van der Waals surface area contributed by atoms with Crippen LogP contribution in [0.1, 0.15) is 15.9 Å². The zero-order valence-electron chi connectivity index (χ0n) is 12.2. The highest BCUT2D eigenvalue weighted by Gasteiger charge is 2.31. The fourth-order valence-corrected chi connectivity index (χ4v) is 2.46. The van der Waals surface area contributed by atoms with Gasteiger partial charge in [0.15, 0.2) is 5.15 Å². The van der Waals surface area contributed by atoms with Crippen LogP contribution >= 0.6 is 11.6 Å². The predicted octanol–water partition coefficient (Wildman–Crippen LogP) is 2.59. The second-order valence-electron chi connectivity index (χ2n) is 5.43. The molecule has 2 aromatic rings. The van der Waals surface area contributed by atoms with Crippen molar-refractivity contribution < 1.29 is 9.53 Å². The molecule has 0 bridgehead atoms. The van der Waals surface area contributed by atoms with Gasteiger partial charge in [-0.15, -0.1) is 0 Å². The molecule has 22 heavy (non-hydrogen) atoms. The maximum absolute atomic E-state index is 12.2. The maximum atomic E-state index is 12.2. The van der Waals surface area contributed by atoms with E-state index in [2.05, 4.69) is 9.97 Å². The number of nitrogens with zero attached hydrogens (tertiary/aromatic N) is 3. The molecule has 1 fully saturated rings. The third kappa shape index (κ3) is 3.36. The zero-order valence-corrected chi connectivity index (χ0v) is 13.0. The van der Waals surface area contributed by atoms with Crippen molar-refractivity contribution in [2.24, 2.45) is 5.92 Å². The molecule has 1 aromatic heterocycles. The molecule has 2 heterocycles. The minimum absolute atomic E-state index is 0.0683. The summed E-state index contributed by atoms with van der Waals surface area (Å²) in [4.78, 5) is 22.0. The monoisotopic (exact) mass is 317 g/mol. The molecule has 1 aliphatic heterocycles. The van der Waals surface area contributed by atoms with Crippen LogP contribution in [0.15, 0.2) is 36.7 Å². The van der Waals surface area contributed by atoms with Crippen LogP contribution in [0.3, 0.4) is 0 Å². The van der Waals surface area contributed by atoms with Crippen molar-refractivity contribution >= 4 is 17.5 Å². The number of carbonyl (C=O) groups is 1. The van der Waals surface area contributed by atoms with Crippen molar-refractivity contribution in [3.05, 3.63) is 52.9 Å². The number of benzene rings is 1. The third-order valence-electron chi connectivity index (χ3n) is 3.59. The molecule has 0 radical (unpaired) electrons. The second kappa shape index (κ2) is 6.32. The van der Waals surface area contributed by atoms with Gasteiger partial charge in [0.25, 0.3) is 5.91 Å². The molecule has 1 aromatic carbocycles. The number of hydrogen-bond acceptors (Lipinski definition) is 4. The van der Waals surface area contributed by atoms with E-state index in [-0.39, 0.29) is 5.91 Å². The number of aromatic nitrogens is 2. The number of carbonyl (C=O) groups excluding carboxylic acids is 1. The number of aryl methyl sites for hydroxylation is 1. The number of amides is 1. The molecule has 5 nitrogen and oxygen atoms in total. The minimum atomic E-state index is 0.0683. The summed E-state index contributed by atoms with van der Waals surface area (Å²) in [6, 6.07) is 7.63. The van der Waals surface area contributed by atoms with Crippen LogP contribution in [0.4, 0.5) is 0 Å². The van der Waals surface area contributed by atoms with Crippen LogP contribution in [0.2, 0.25) is 5.15 Å². The lowest BCUT2D eigenvalue weighted by atomic mass is 9.99. The highest BCUT2D eigenvalue weighted by Crippen LogP contribution is 2.20. The van der Waals surface area contributed by atoms with Crippen LogP contribution in [-0.4, -0.2) is 40.5 Å². The van der Waals surface area contributed by atoms with Crippen molar-refractivity contribution in [2.45, 2.75) is 6.92 Å². The molecule has 0 aliphatic carbocycles. The Labute approximate surface area is 133 Å². The van der Waals surface area contributed by atoms with Crippen molar-refractivity contribution in [3.8, 4) is 5.88 Å². The number of ether oxygens (including phenoxy) is 1. The summed E-state index contributed by atoms with van der Waals surface area (Å²) in [5, 5.41) is 0.308. The second-order valence-corrected chi connectivity index (χ2v) is 5.82. The van der Waals surface area contributed by atoms with Gasteiger partial charge in [-0.3, -0.25) is 9.78 Å². The molecular formula is C16H16ClN3O2. The summed E-state index contributed by atoms with van der Waals surface area (Å²) in [6.07, 6.45) is 2.99. The minimum Gasteiger partial charge on any atom is -0.476 e. The number of hydrogen-bond donors (Lipinski definition) is 0. The van der Waals surface area contributed by atoms with Gasteiger partial charge in [0.05, 0.1) is 19.0 Å². The molecule has 1 aliphatic rings. The van der Waals surface area contributed by atoms with E-state index in [1.807, 2.05) is 36.1 Å². The van der Waals surface area contributed by atoms with Gasteiger partial charge in [-0.25, -0.2) is 0 Å². The van der Waals surface area contributed by atoms with E-state index in [1.54, 1.807) is 0 Å². The van der Waals surface area contributed by atoms with Gasteiger partial charge in [0, 0.05) is 24.6 Å². The van der Waals surface area contributed by atoms with E-state index in [9.17, 15) is 4.79 Å². The van der Waals surface area contributed by atoms with Crippen LogP contribution in [-0.2, 0) is 0 Å². The van der Waals surface area contributed by atoms with E-state index >= 15 is 0 Å². The van der Waals surface area contributed by atoms with Crippen molar-refractivity contribution in [1.82, 2.24) is 14.9 Å². The Morgan fingerprint density at radius 2 is 2.05 bits per heavy atom. The van der Waals surface area contributed by atoms with Gasteiger partial charge in [-0.1, -0.05) is 29.3 Å². The molecule has 0 unspecified atom stereocenters. The normalized spacial score (nSPS) is 14.5. The summed E-state index contributed by atoms with van der Waals surface area (Å²) < 4.78 is 5.54. The first-order chi connectivity index (χ1) is 10.6. The van der Waals surface area contributed by atoms with Crippen molar-refractivity contribution in [2.75, 3.05) is 19.7 Å². The molecule has 3 rings (SSSR count). The molecule has 0 spiro atoms. The Balaban J connectivity index is 1.47. The lowest BCUT2D eigenvalue weighted by Crippen LogP contribution is -2.52. The van der Waals surface area contributed by atoms with Crippen molar-refractivity contribution in [3.63, 3.8) is 0 Å². The molecule has 1 amide bonds. The van der Waals surface area contributed by atoms with E-state index in [1.165, 1.54) is 12.4 Å². The third-order valence-corrected chi connectivity index (χ3v) is 3.77. The lowest BCUT2D eigenvalue weighted by Gasteiger charge is -2.38. The van der Waals surface area contributed by atoms with Crippen LogP contribution in [0.25, 0.3) is 0 Å². The van der Waals surface area contributed by atoms with Crippen LogP contribution < -0.4 is 4.74 Å². The van der Waals surface area contributed by atoms with Crippen molar-refractivity contribution in [1.29, 1.82) is 0 Å². The Kier molecular flexibility index (Phi) is 4.24. The van der Waals surface area contributed by atoms with Gasteiger partial charge in [0.2, 0.25) is 5.88 Å². The lowest BCUT2D eigenvalue weighted by molar-refractivity contribution is 0.0388. The van der Waals surface area contributed by atoms with E-state index < -0.39 is 0 Å². The molecule has 0 atom stereocenters. The summed E-state index contributed by atoms with van der Waals surface area (Å²) >= 11 is 5.75. The highest BCUT2D eigenvalue weighted by atomic mass is 35.5. The zero-order chi connectivity index (χ0) is 15.5. The van der Waals surface area contributed by atoms with E-state index in [0.29, 0.717) is 36.6 Å². The highest BCUT2D eigenvalue weighted by molar-refractivity contribution is 6.29. The Hall–Kier alpha value is -2.14. The first-order valence-corrected chi connectivity index (χ1v) is 7.46. The number of halogens is 1. The van der Waals surface area contributed by atoms with Crippen LogP contribution in [0.5, 0.6) is 5.88 Å². The van der Waals surface area contributed by atoms with Gasteiger partial charge in [0.1, 0.15) is 0 Å². The fourth-order valence-electron chi connectivity index (χ4n) is 2.32. The maximum Gasteiger partial charge on any atom is 0.253 e. The SMILES string of the molecule is Cc1ccc(C(=O)N2CC(COc3cncc(Cl)n3)C2)cc1. The quantitative estimate of drug-likeness (QED) is 0.869. The molecule has 0 N–H and O–H groups in total. The fraction of sp³-hybridized carbons (Fsp3) is 0.312. The Morgan fingerprint density at radius 1 is 1.32 bits per heavy atom. The summed E-state index contributed by atoms with van der Waals surface area (Å²) in [5.74, 6) is 0.796. The van der Waals surface area contributed by atoms with E-state index in [4.69, 9.17) is 16.3 Å². The molecule has 1 saturated heterocycles. The largest absolute Gasteiger partial charge is 0.476 e. The number of rotatable bonds is 4. The van der Waals surface area contributed by atoms with Gasteiger partial charge in [-0.05, 0) is 19.1 Å². The molecule has 0 saturated carbocycles. The topological polar surface area (TPSA) is 55.3 Å². The first-order valence-electron chi connectivity index (χ1n) is 7.08. The molecule has 114 valence electrons. The van der Waals surface area contributed by atoms with Gasteiger partial charge < -0.3 is 9.64 Å². The Morgan fingerprint density at radius 3 is 2.73 bits per heavy atom. The summed E-state index contributed by atoms with van der Waals surface area (Å²) in [5.41, 5.74) is 1.87. The van der Waals surface area contributed by atoms with Gasteiger partial charge in [-0.2, -0.15) is 4.98 Å². The average molecular weight is 318 g/mol. The molecular weight excluding hydrogens is 302 g/mol. The summed E-state index contributed by atoms with van der Waals surface area (Å²) in [6.45, 7) is 3.90. The molecule has 6 heteroatoms. The average Bonchev–Trinajstić information content (AvgIpc) is 2.46.